The average molecular weight is 361 g/mol. The van der Waals surface area contributed by atoms with E-state index < -0.39 is 18.0 Å². The summed E-state index contributed by atoms with van der Waals surface area (Å²) in [7, 11) is 1.56. The number of nitrogens with one attached hydrogen (secondary N) is 1. The molecule has 6 nitrogen and oxygen atoms in total. The molecule has 130 valence electrons. The summed E-state index contributed by atoms with van der Waals surface area (Å²) < 4.78 is 5.13. The average Bonchev–Trinajstić information content (AvgIpc) is 2.61. The van der Waals surface area contributed by atoms with E-state index in [0.29, 0.717) is 16.3 Å². The van der Waals surface area contributed by atoms with Crippen molar-refractivity contribution in [2.45, 2.75) is 24.4 Å². The summed E-state index contributed by atoms with van der Waals surface area (Å²) >= 11 is 5.90. The lowest BCUT2D eigenvalue weighted by Crippen LogP contribution is -2.49. The summed E-state index contributed by atoms with van der Waals surface area (Å²) in [5.41, 5.74) is 1.41. The second kappa shape index (κ2) is 7.11. The van der Waals surface area contributed by atoms with Crippen molar-refractivity contribution in [1.82, 2.24) is 5.32 Å². The molecule has 7 heteroatoms. The molecule has 0 radical (unpaired) electrons. The fourth-order valence-corrected chi connectivity index (χ4v) is 3.38. The third-order valence-corrected chi connectivity index (χ3v) is 4.74. The van der Waals surface area contributed by atoms with Crippen LogP contribution in [0, 0.1) is 10.1 Å². The van der Waals surface area contributed by atoms with Gasteiger partial charge in [-0.25, -0.2) is 0 Å². The van der Waals surface area contributed by atoms with Gasteiger partial charge in [0.15, 0.2) is 0 Å². The molecule has 0 aliphatic carbocycles. The highest BCUT2D eigenvalue weighted by Gasteiger charge is 2.46. The van der Waals surface area contributed by atoms with Crippen molar-refractivity contribution in [3.63, 3.8) is 0 Å². The Bertz CT molecular complexity index is 777. The van der Waals surface area contributed by atoms with Gasteiger partial charge < -0.3 is 10.1 Å². The van der Waals surface area contributed by atoms with E-state index in [-0.39, 0.29) is 17.3 Å². The summed E-state index contributed by atoms with van der Waals surface area (Å²) in [4.78, 5) is 23.7. The summed E-state index contributed by atoms with van der Waals surface area (Å²) in [6, 6.07) is 12.1. The molecule has 3 rings (SSSR count). The number of nitro groups is 1. The Morgan fingerprint density at radius 3 is 2.28 bits per heavy atom. The first-order valence-electron chi connectivity index (χ1n) is 7.82. The third kappa shape index (κ3) is 3.58. The maximum atomic E-state index is 12.2. The lowest BCUT2D eigenvalue weighted by atomic mass is 9.79. The van der Waals surface area contributed by atoms with Crippen LogP contribution in [-0.2, 0) is 4.79 Å². The van der Waals surface area contributed by atoms with Crippen molar-refractivity contribution >= 4 is 17.5 Å². The van der Waals surface area contributed by atoms with E-state index >= 15 is 0 Å². The van der Waals surface area contributed by atoms with E-state index in [9.17, 15) is 14.9 Å². The van der Waals surface area contributed by atoms with Gasteiger partial charge in [0.25, 0.3) is 0 Å². The van der Waals surface area contributed by atoms with Gasteiger partial charge >= 0.3 is 0 Å². The monoisotopic (exact) mass is 360 g/mol. The third-order valence-electron chi connectivity index (χ3n) is 4.49. The summed E-state index contributed by atoms with van der Waals surface area (Å²) in [6.07, 6.45) is 0.0715. The smallest absolute Gasteiger partial charge is 0.244 e. The quantitative estimate of drug-likeness (QED) is 0.669. The zero-order chi connectivity index (χ0) is 18.0. The minimum Gasteiger partial charge on any atom is -0.497 e. The maximum Gasteiger partial charge on any atom is 0.244 e. The number of carbonyl (C=O) groups is 1. The van der Waals surface area contributed by atoms with Crippen molar-refractivity contribution < 1.29 is 14.5 Å². The lowest BCUT2D eigenvalue weighted by molar-refractivity contribution is -0.533. The fraction of sp³-hybridized carbons (Fsp3) is 0.278. The number of ether oxygens (including phenoxy) is 1. The number of carbonyl (C=O) groups excluding carboxylic acids is 1. The lowest BCUT2D eigenvalue weighted by Gasteiger charge is -2.33. The normalized spacial score (nSPS) is 23.0. The first-order chi connectivity index (χ1) is 12.0. The van der Waals surface area contributed by atoms with Gasteiger partial charge in [-0.15, -0.1) is 0 Å². The highest BCUT2D eigenvalue weighted by Crippen LogP contribution is 2.37. The molecule has 3 unspecified atom stereocenters. The van der Waals surface area contributed by atoms with Crippen LogP contribution in [0.4, 0.5) is 0 Å². The molecule has 2 aromatic rings. The van der Waals surface area contributed by atoms with E-state index in [1.54, 1.807) is 55.6 Å². The summed E-state index contributed by atoms with van der Waals surface area (Å²) in [6.45, 7) is 0. The zero-order valence-corrected chi connectivity index (χ0v) is 14.3. The standard InChI is InChI=1S/C18H17ClN2O4/c1-25-14-8-4-11(5-9-14)15-10-16(22)20-17(18(15)21(23)24)12-2-6-13(19)7-3-12/h2-9,15,17-18H,10H2,1H3,(H,20,22). The second-order valence-electron chi connectivity index (χ2n) is 5.96. The Balaban J connectivity index is 1.99. The van der Waals surface area contributed by atoms with Gasteiger partial charge in [-0.1, -0.05) is 35.9 Å². The number of hydrogen-bond acceptors (Lipinski definition) is 4. The topological polar surface area (TPSA) is 81.5 Å². The largest absolute Gasteiger partial charge is 0.497 e. The Hall–Kier alpha value is -2.60. The predicted octanol–water partition coefficient (Wildman–Crippen LogP) is 3.34. The van der Waals surface area contributed by atoms with Gasteiger partial charge in [-0.2, -0.15) is 0 Å². The molecule has 1 heterocycles. The fourth-order valence-electron chi connectivity index (χ4n) is 3.26. The van der Waals surface area contributed by atoms with Crippen molar-refractivity contribution in [1.29, 1.82) is 0 Å². The first-order valence-corrected chi connectivity index (χ1v) is 8.19. The molecule has 1 saturated heterocycles. The summed E-state index contributed by atoms with van der Waals surface area (Å²) in [5.74, 6) is -0.0647. The minimum absolute atomic E-state index is 0.0715. The van der Waals surface area contributed by atoms with Crippen LogP contribution < -0.4 is 10.1 Å². The highest BCUT2D eigenvalue weighted by atomic mass is 35.5. The SMILES string of the molecule is COc1ccc(C2CC(=O)NC(c3ccc(Cl)cc3)C2[N+](=O)[O-])cc1. The Labute approximate surface area is 149 Å². The summed E-state index contributed by atoms with van der Waals surface area (Å²) in [5, 5.41) is 15.1. The molecule has 1 amide bonds. The Morgan fingerprint density at radius 2 is 1.72 bits per heavy atom. The van der Waals surface area contributed by atoms with Crippen LogP contribution in [0.1, 0.15) is 29.5 Å². The van der Waals surface area contributed by atoms with E-state index in [1.165, 1.54) is 0 Å². The molecule has 1 aliphatic rings. The molecular formula is C18H17ClN2O4. The minimum atomic E-state index is -0.965. The van der Waals surface area contributed by atoms with Crippen LogP contribution in [0.25, 0.3) is 0 Å². The molecule has 1 fully saturated rings. The molecular weight excluding hydrogens is 344 g/mol. The van der Waals surface area contributed by atoms with E-state index in [1.807, 2.05) is 0 Å². The number of rotatable bonds is 4. The van der Waals surface area contributed by atoms with Gasteiger partial charge in [0.2, 0.25) is 11.9 Å². The van der Waals surface area contributed by atoms with Gasteiger partial charge in [0.1, 0.15) is 11.8 Å². The van der Waals surface area contributed by atoms with Gasteiger partial charge in [0.05, 0.1) is 13.0 Å². The van der Waals surface area contributed by atoms with Gasteiger partial charge in [-0.05, 0) is 35.4 Å². The molecule has 0 aromatic heterocycles. The van der Waals surface area contributed by atoms with Crippen molar-refractivity contribution in [2.24, 2.45) is 0 Å². The number of hydrogen-bond donors (Lipinski definition) is 1. The molecule has 0 saturated carbocycles. The number of benzene rings is 2. The van der Waals surface area contributed by atoms with Crippen LogP contribution in [0.5, 0.6) is 5.75 Å². The second-order valence-corrected chi connectivity index (χ2v) is 6.39. The van der Waals surface area contributed by atoms with Gasteiger partial charge in [0, 0.05) is 16.4 Å². The van der Waals surface area contributed by atoms with Crippen molar-refractivity contribution in [3.8, 4) is 5.75 Å². The Kier molecular flexibility index (Phi) is 4.90. The van der Waals surface area contributed by atoms with Crippen LogP contribution in [0.15, 0.2) is 48.5 Å². The highest BCUT2D eigenvalue weighted by molar-refractivity contribution is 6.30. The van der Waals surface area contributed by atoms with Crippen molar-refractivity contribution in [2.75, 3.05) is 7.11 Å². The number of nitrogens with zero attached hydrogens (tertiary/aromatic N) is 1. The maximum absolute atomic E-state index is 12.2. The van der Waals surface area contributed by atoms with E-state index in [4.69, 9.17) is 16.3 Å². The number of halogens is 1. The molecule has 0 spiro atoms. The van der Waals surface area contributed by atoms with Gasteiger partial charge in [-0.3, -0.25) is 14.9 Å². The molecule has 1 aliphatic heterocycles. The van der Waals surface area contributed by atoms with Crippen LogP contribution in [0.3, 0.4) is 0 Å². The predicted molar refractivity (Wildman–Crippen MR) is 93.5 cm³/mol. The zero-order valence-electron chi connectivity index (χ0n) is 13.5. The van der Waals surface area contributed by atoms with E-state index in [0.717, 1.165) is 5.56 Å². The Morgan fingerprint density at radius 1 is 1.12 bits per heavy atom. The van der Waals surface area contributed by atoms with Crippen LogP contribution in [0.2, 0.25) is 5.02 Å². The number of amides is 1. The molecule has 25 heavy (non-hydrogen) atoms. The van der Waals surface area contributed by atoms with Crippen molar-refractivity contribution in [3.05, 3.63) is 74.8 Å². The molecule has 2 aromatic carbocycles. The number of methoxy groups -OCH3 is 1. The first kappa shape index (κ1) is 17.2. The molecule has 0 bridgehead atoms. The molecule has 1 N–H and O–H groups in total. The molecule has 3 atom stereocenters. The van der Waals surface area contributed by atoms with Crippen LogP contribution in [-0.4, -0.2) is 24.0 Å². The number of piperidine rings is 1. The van der Waals surface area contributed by atoms with E-state index in [2.05, 4.69) is 5.32 Å². The van der Waals surface area contributed by atoms with Crippen LogP contribution >= 0.6 is 11.6 Å².